The first kappa shape index (κ1) is 18.5. The number of aryl methyl sites for hydroxylation is 1. The summed E-state index contributed by atoms with van der Waals surface area (Å²) in [4.78, 5) is 17.2. The number of hydrogen-bond acceptors (Lipinski definition) is 3. The average molecular weight is 381 g/mol. The van der Waals surface area contributed by atoms with E-state index in [-0.39, 0.29) is 12.0 Å². The lowest BCUT2D eigenvalue weighted by molar-refractivity contribution is 0.571. The third kappa shape index (κ3) is 3.87. The molecule has 2 aromatic carbocycles. The summed E-state index contributed by atoms with van der Waals surface area (Å²) in [5.74, 6) is -0.333. The first-order valence-electron chi connectivity index (χ1n) is 9.32. The summed E-state index contributed by atoms with van der Waals surface area (Å²) >= 11 is 0. The van der Waals surface area contributed by atoms with E-state index in [0.717, 1.165) is 6.07 Å². The van der Waals surface area contributed by atoms with E-state index in [0.29, 0.717) is 28.7 Å². The van der Waals surface area contributed by atoms with Crippen LogP contribution in [0.1, 0.15) is 47.4 Å². The minimum absolute atomic E-state index is 0.157. The molecule has 1 atom stereocenters. The van der Waals surface area contributed by atoms with Crippen LogP contribution in [0.3, 0.4) is 0 Å². The predicted molar refractivity (Wildman–Crippen MR) is 104 cm³/mol. The molecule has 1 aliphatic rings. The van der Waals surface area contributed by atoms with Crippen molar-refractivity contribution in [1.82, 2.24) is 9.55 Å². The molecule has 144 valence electrons. The standard InChI is InChI=1S/C22H21F2N3O/c1-13-8-21(28)27(19-6-4-16(5-7-19)15-2-3-15)22(26-13)20(25)11-14-9-17(23)12-18(24)10-14/h4-10,12,15,20H,2-3,11,25H2,1H3/t20-/m0/s1. The van der Waals surface area contributed by atoms with E-state index in [1.165, 1.54) is 41.2 Å². The quantitative estimate of drug-likeness (QED) is 0.728. The Hall–Kier alpha value is -2.86. The Morgan fingerprint density at radius 3 is 2.36 bits per heavy atom. The molecule has 3 aromatic rings. The zero-order chi connectivity index (χ0) is 19.8. The Labute approximate surface area is 161 Å². The van der Waals surface area contributed by atoms with Gasteiger partial charge in [0, 0.05) is 17.8 Å². The van der Waals surface area contributed by atoms with Crippen LogP contribution in [0.2, 0.25) is 0 Å². The van der Waals surface area contributed by atoms with Crippen LogP contribution >= 0.6 is 0 Å². The van der Waals surface area contributed by atoms with Crippen molar-refractivity contribution in [3.8, 4) is 5.69 Å². The maximum atomic E-state index is 13.5. The Bertz CT molecular complexity index is 1050. The lowest BCUT2D eigenvalue weighted by Crippen LogP contribution is -2.29. The van der Waals surface area contributed by atoms with Gasteiger partial charge in [-0.15, -0.1) is 0 Å². The SMILES string of the molecule is Cc1cc(=O)n(-c2ccc(C3CC3)cc2)c([C@@H](N)Cc2cc(F)cc(F)c2)n1. The molecule has 0 bridgehead atoms. The van der Waals surface area contributed by atoms with Crippen LogP contribution in [0.15, 0.2) is 53.3 Å². The molecular formula is C22H21F2N3O. The summed E-state index contributed by atoms with van der Waals surface area (Å²) in [6, 6.07) is 11.9. The third-order valence-electron chi connectivity index (χ3n) is 4.98. The van der Waals surface area contributed by atoms with Gasteiger partial charge in [0.2, 0.25) is 0 Å². The van der Waals surface area contributed by atoms with Crippen LogP contribution in [0.4, 0.5) is 8.78 Å². The van der Waals surface area contributed by atoms with Crippen molar-refractivity contribution >= 4 is 0 Å². The number of hydrogen-bond donors (Lipinski definition) is 1. The van der Waals surface area contributed by atoms with Crippen LogP contribution in [-0.2, 0) is 6.42 Å². The second-order valence-corrected chi connectivity index (χ2v) is 7.38. The van der Waals surface area contributed by atoms with E-state index >= 15 is 0 Å². The van der Waals surface area contributed by atoms with Crippen LogP contribution in [0.5, 0.6) is 0 Å². The molecule has 0 amide bonds. The van der Waals surface area contributed by atoms with E-state index < -0.39 is 17.7 Å². The number of aromatic nitrogens is 2. The molecule has 1 heterocycles. The molecule has 0 spiro atoms. The summed E-state index contributed by atoms with van der Waals surface area (Å²) in [6.45, 7) is 1.72. The van der Waals surface area contributed by atoms with Gasteiger partial charge in [0.25, 0.3) is 5.56 Å². The van der Waals surface area contributed by atoms with Crippen LogP contribution in [-0.4, -0.2) is 9.55 Å². The van der Waals surface area contributed by atoms with Crippen molar-refractivity contribution in [2.75, 3.05) is 0 Å². The number of rotatable bonds is 5. The molecule has 1 aromatic heterocycles. The highest BCUT2D eigenvalue weighted by atomic mass is 19.1. The fraction of sp³-hybridized carbons (Fsp3) is 0.273. The normalized spacial score (nSPS) is 14.9. The van der Waals surface area contributed by atoms with Crippen molar-refractivity contribution in [1.29, 1.82) is 0 Å². The van der Waals surface area contributed by atoms with Gasteiger partial charge in [-0.1, -0.05) is 12.1 Å². The van der Waals surface area contributed by atoms with Crippen molar-refractivity contribution in [3.63, 3.8) is 0 Å². The van der Waals surface area contributed by atoms with Gasteiger partial charge in [-0.05, 0) is 67.5 Å². The summed E-state index contributed by atoms with van der Waals surface area (Å²) in [7, 11) is 0. The Morgan fingerprint density at radius 1 is 1.11 bits per heavy atom. The first-order chi connectivity index (χ1) is 13.4. The Kier molecular flexibility index (Phi) is 4.81. The van der Waals surface area contributed by atoms with E-state index in [2.05, 4.69) is 4.98 Å². The van der Waals surface area contributed by atoms with Gasteiger partial charge >= 0.3 is 0 Å². The fourth-order valence-corrected chi connectivity index (χ4v) is 3.51. The van der Waals surface area contributed by atoms with Gasteiger partial charge < -0.3 is 5.73 Å². The van der Waals surface area contributed by atoms with E-state index in [4.69, 9.17) is 5.73 Å². The molecule has 28 heavy (non-hydrogen) atoms. The minimum Gasteiger partial charge on any atom is -0.321 e. The van der Waals surface area contributed by atoms with E-state index in [1.807, 2.05) is 24.3 Å². The van der Waals surface area contributed by atoms with Gasteiger partial charge in [0.1, 0.15) is 17.5 Å². The van der Waals surface area contributed by atoms with Gasteiger partial charge in [0.15, 0.2) is 0 Å². The molecule has 4 nitrogen and oxygen atoms in total. The Balaban J connectivity index is 1.72. The largest absolute Gasteiger partial charge is 0.321 e. The smallest absolute Gasteiger partial charge is 0.258 e. The van der Waals surface area contributed by atoms with Crippen LogP contribution < -0.4 is 11.3 Å². The van der Waals surface area contributed by atoms with Crippen molar-refractivity contribution in [2.45, 2.75) is 38.1 Å². The Morgan fingerprint density at radius 2 is 1.75 bits per heavy atom. The molecule has 1 fully saturated rings. The summed E-state index contributed by atoms with van der Waals surface area (Å²) in [5, 5.41) is 0. The molecular weight excluding hydrogens is 360 g/mol. The lowest BCUT2D eigenvalue weighted by Gasteiger charge is -2.18. The second-order valence-electron chi connectivity index (χ2n) is 7.38. The fourth-order valence-electron chi connectivity index (χ4n) is 3.51. The van der Waals surface area contributed by atoms with Crippen molar-refractivity contribution in [2.24, 2.45) is 5.73 Å². The monoisotopic (exact) mass is 381 g/mol. The molecule has 1 aliphatic carbocycles. The van der Waals surface area contributed by atoms with Gasteiger partial charge in [-0.3, -0.25) is 9.36 Å². The zero-order valence-electron chi connectivity index (χ0n) is 15.5. The minimum atomic E-state index is -0.697. The lowest BCUT2D eigenvalue weighted by atomic mass is 10.0. The summed E-state index contributed by atoms with van der Waals surface area (Å²) < 4.78 is 28.5. The highest BCUT2D eigenvalue weighted by Crippen LogP contribution is 2.40. The predicted octanol–water partition coefficient (Wildman–Crippen LogP) is 3.94. The first-order valence-corrected chi connectivity index (χ1v) is 9.32. The van der Waals surface area contributed by atoms with Crippen molar-refractivity contribution < 1.29 is 8.78 Å². The van der Waals surface area contributed by atoms with E-state index in [1.54, 1.807) is 6.92 Å². The van der Waals surface area contributed by atoms with Gasteiger partial charge in [-0.2, -0.15) is 0 Å². The molecule has 1 saturated carbocycles. The topological polar surface area (TPSA) is 60.9 Å². The van der Waals surface area contributed by atoms with Crippen LogP contribution in [0, 0.1) is 18.6 Å². The highest BCUT2D eigenvalue weighted by Gasteiger charge is 2.23. The average Bonchev–Trinajstić information content (AvgIpc) is 3.45. The molecule has 4 rings (SSSR count). The number of nitrogens with zero attached hydrogens (tertiary/aromatic N) is 2. The second kappa shape index (κ2) is 7.28. The van der Waals surface area contributed by atoms with E-state index in [9.17, 15) is 13.6 Å². The highest BCUT2D eigenvalue weighted by molar-refractivity contribution is 5.39. The molecule has 0 aliphatic heterocycles. The van der Waals surface area contributed by atoms with Gasteiger partial charge in [-0.25, -0.2) is 13.8 Å². The van der Waals surface area contributed by atoms with Crippen molar-refractivity contribution in [3.05, 3.63) is 93.2 Å². The van der Waals surface area contributed by atoms with Gasteiger partial charge in [0.05, 0.1) is 11.7 Å². The molecule has 0 unspecified atom stereocenters. The molecule has 0 saturated heterocycles. The molecule has 0 radical (unpaired) electrons. The molecule has 6 heteroatoms. The molecule has 2 N–H and O–H groups in total. The number of nitrogens with two attached hydrogens (primary N) is 1. The van der Waals surface area contributed by atoms with Crippen LogP contribution in [0.25, 0.3) is 5.69 Å². The number of benzene rings is 2. The maximum absolute atomic E-state index is 13.5. The number of halogens is 2. The zero-order valence-corrected chi connectivity index (χ0v) is 15.5. The maximum Gasteiger partial charge on any atom is 0.258 e. The third-order valence-corrected chi connectivity index (χ3v) is 4.98. The summed E-state index contributed by atoms with van der Waals surface area (Å²) in [6.07, 6.45) is 2.56. The summed E-state index contributed by atoms with van der Waals surface area (Å²) in [5.41, 5.74) is 8.99.